The first-order valence-electron chi connectivity index (χ1n) is 12.9. The maximum atomic E-state index is 16.2. The van der Waals surface area contributed by atoms with Gasteiger partial charge in [-0.2, -0.15) is 23.1 Å². The number of likely N-dealkylation sites (tertiary alicyclic amines) is 1. The van der Waals surface area contributed by atoms with Gasteiger partial charge in [-0.3, -0.25) is 4.79 Å². The molecule has 0 unspecified atom stereocenters. The lowest BCUT2D eigenvalue weighted by molar-refractivity contribution is -0.137. The molecule has 0 radical (unpaired) electrons. The van der Waals surface area contributed by atoms with Gasteiger partial charge in [0, 0.05) is 17.2 Å². The standard InChI is InChI=1S/C26H25ClF5N9O2/c1-10(13-6-11(28)8-35-22(13)34)36-23-16-20(39-25(40-23)43-9-12-4-3-5-41(12)2)18(29)19(38-24(16)42)14-7-15(33)37-21(27)17(14)26(30,31)32/h6-8,10,12H,3-5,9H2,1-2H3,(H2,33,37)(H2,34,35)(H,38,42)(H,36,39,40)/t10-,12+/m1/s1. The number of anilines is 3. The number of ether oxygens (including phenoxy) is 1. The van der Waals surface area contributed by atoms with Crippen LogP contribution in [0.15, 0.2) is 23.1 Å². The zero-order valence-electron chi connectivity index (χ0n) is 22.7. The molecule has 1 aliphatic heterocycles. The molecule has 1 saturated heterocycles. The van der Waals surface area contributed by atoms with Gasteiger partial charge >= 0.3 is 12.2 Å². The van der Waals surface area contributed by atoms with E-state index in [0.717, 1.165) is 37.7 Å². The van der Waals surface area contributed by atoms with Gasteiger partial charge in [0.2, 0.25) is 0 Å². The molecule has 5 heterocycles. The van der Waals surface area contributed by atoms with Crippen molar-refractivity contribution in [3.8, 4) is 17.3 Å². The quantitative estimate of drug-likeness (QED) is 0.170. The first-order valence-corrected chi connectivity index (χ1v) is 13.3. The van der Waals surface area contributed by atoms with Crippen LogP contribution in [0.3, 0.4) is 0 Å². The Bertz CT molecular complexity index is 1770. The Labute approximate surface area is 245 Å². The second-order valence-corrected chi connectivity index (χ2v) is 10.4. The molecule has 0 bridgehead atoms. The van der Waals surface area contributed by atoms with E-state index in [0.29, 0.717) is 0 Å². The molecule has 11 nitrogen and oxygen atoms in total. The van der Waals surface area contributed by atoms with Gasteiger partial charge in [-0.15, -0.1) is 0 Å². The summed E-state index contributed by atoms with van der Waals surface area (Å²) in [4.78, 5) is 33.1. The zero-order chi connectivity index (χ0) is 31.2. The van der Waals surface area contributed by atoms with Crippen molar-refractivity contribution in [2.75, 3.05) is 37.0 Å². The SMILES string of the molecule is C[C@@H](Nc1nc(OC[C@@H]2CCCN2C)nc2c(F)c(-c3cc(N)nc(Cl)c3C(F)(F)F)[nH]c(=O)c12)c1cc(F)cnc1N. The monoisotopic (exact) mass is 625 g/mol. The van der Waals surface area contributed by atoms with Gasteiger partial charge in [-0.25, -0.2) is 18.7 Å². The van der Waals surface area contributed by atoms with Gasteiger partial charge in [0.25, 0.3) is 5.56 Å². The van der Waals surface area contributed by atoms with Crippen LogP contribution in [0.2, 0.25) is 5.15 Å². The number of rotatable bonds is 7. The van der Waals surface area contributed by atoms with E-state index in [2.05, 4.69) is 35.1 Å². The average Bonchev–Trinajstić information content (AvgIpc) is 3.33. The number of aromatic nitrogens is 5. The molecule has 0 amide bonds. The van der Waals surface area contributed by atoms with Gasteiger partial charge in [0.15, 0.2) is 5.82 Å². The molecule has 2 atom stereocenters. The van der Waals surface area contributed by atoms with Crippen molar-refractivity contribution in [2.45, 2.75) is 38.0 Å². The molecule has 0 spiro atoms. The summed E-state index contributed by atoms with van der Waals surface area (Å²) in [6, 6.07) is 0.684. The van der Waals surface area contributed by atoms with Crippen LogP contribution < -0.4 is 27.1 Å². The highest BCUT2D eigenvalue weighted by atomic mass is 35.5. The minimum Gasteiger partial charge on any atom is -0.462 e. The molecule has 43 heavy (non-hydrogen) atoms. The summed E-state index contributed by atoms with van der Waals surface area (Å²) in [7, 11) is 1.91. The number of hydrogen-bond acceptors (Lipinski definition) is 10. The van der Waals surface area contributed by atoms with Crippen LogP contribution >= 0.6 is 11.6 Å². The Kier molecular flexibility index (Phi) is 8.00. The van der Waals surface area contributed by atoms with E-state index in [1.54, 1.807) is 6.92 Å². The molecule has 0 saturated carbocycles. The largest absolute Gasteiger partial charge is 0.462 e. The van der Waals surface area contributed by atoms with E-state index >= 15 is 4.39 Å². The predicted octanol–water partition coefficient (Wildman–Crippen LogP) is 4.54. The maximum Gasteiger partial charge on any atom is 0.420 e. The zero-order valence-corrected chi connectivity index (χ0v) is 23.4. The topological polar surface area (TPSA) is 161 Å². The molecule has 0 aliphatic carbocycles. The number of likely N-dealkylation sites (N-methyl/N-ethyl adjacent to an activating group) is 1. The number of pyridine rings is 3. The summed E-state index contributed by atoms with van der Waals surface area (Å²) in [6.07, 6.45) is -2.41. The molecular weight excluding hydrogens is 601 g/mol. The summed E-state index contributed by atoms with van der Waals surface area (Å²) in [6.45, 7) is 2.52. The number of aromatic amines is 1. The number of nitrogens with one attached hydrogen (secondary N) is 2. The van der Waals surface area contributed by atoms with Crippen molar-refractivity contribution in [3.63, 3.8) is 0 Å². The highest BCUT2D eigenvalue weighted by Crippen LogP contribution is 2.42. The molecule has 1 aliphatic rings. The smallest absolute Gasteiger partial charge is 0.420 e. The second kappa shape index (κ2) is 11.4. The number of hydrogen-bond donors (Lipinski definition) is 4. The molecule has 6 N–H and O–H groups in total. The second-order valence-electron chi connectivity index (χ2n) is 10.1. The van der Waals surface area contributed by atoms with Crippen LogP contribution in [0.25, 0.3) is 22.2 Å². The van der Waals surface area contributed by atoms with E-state index in [4.69, 9.17) is 27.8 Å². The number of fused-ring (bicyclic) bond motifs is 1. The Morgan fingerprint density at radius 1 is 1.23 bits per heavy atom. The Morgan fingerprint density at radius 2 is 1.98 bits per heavy atom. The van der Waals surface area contributed by atoms with E-state index < -0.39 is 68.1 Å². The molecule has 17 heteroatoms. The number of nitrogens with two attached hydrogens (primary N) is 2. The van der Waals surface area contributed by atoms with Gasteiger partial charge in [0.05, 0.1) is 17.9 Å². The van der Waals surface area contributed by atoms with Crippen LogP contribution in [0.4, 0.5) is 39.4 Å². The van der Waals surface area contributed by atoms with Crippen molar-refractivity contribution in [1.82, 2.24) is 29.8 Å². The minimum atomic E-state index is -5.08. The summed E-state index contributed by atoms with van der Waals surface area (Å²) < 4.78 is 77.8. The lowest BCUT2D eigenvalue weighted by Crippen LogP contribution is -2.31. The van der Waals surface area contributed by atoms with E-state index in [1.807, 2.05) is 7.05 Å². The fourth-order valence-corrected chi connectivity index (χ4v) is 5.28. The lowest BCUT2D eigenvalue weighted by atomic mass is 10.0. The van der Waals surface area contributed by atoms with Crippen LogP contribution in [-0.4, -0.2) is 56.1 Å². The Morgan fingerprint density at radius 3 is 2.65 bits per heavy atom. The summed E-state index contributed by atoms with van der Waals surface area (Å²) in [5.41, 5.74) is 6.80. The molecule has 5 rings (SSSR count). The fourth-order valence-electron chi connectivity index (χ4n) is 4.97. The minimum absolute atomic E-state index is 0.00339. The first-order chi connectivity index (χ1) is 20.2. The van der Waals surface area contributed by atoms with E-state index in [-0.39, 0.29) is 35.9 Å². The van der Waals surface area contributed by atoms with Crippen molar-refractivity contribution in [3.05, 3.63) is 56.6 Å². The molecule has 4 aromatic heterocycles. The van der Waals surface area contributed by atoms with Crippen molar-refractivity contribution in [1.29, 1.82) is 0 Å². The normalized spacial score (nSPS) is 16.5. The lowest BCUT2D eigenvalue weighted by Gasteiger charge is -2.21. The van der Waals surface area contributed by atoms with Gasteiger partial charge in [-0.1, -0.05) is 11.6 Å². The van der Waals surface area contributed by atoms with Crippen molar-refractivity contribution >= 4 is 40.0 Å². The van der Waals surface area contributed by atoms with Crippen LogP contribution in [0, 0.1) is 11.6 Å². The molecule has 0 aromatic carbocycles. The van der Waals surface area contributed by atoms with Crippen LogP contribution in [0.5, 0.6) is 6.01 Å². The van der Waals surface area contributed by atoms with Gasteiger partial charge < -0.3 is 31.4 Å². The molecule has 1 fully saturated rings. The fraction of sp³-hybridized carbons (Fsp3) is 0.346. The highest BCUT2D eigenvalue weighted by Gasteiger charge is 2.39. The number of alkyl halides is 3. The van der Waals surface area contributed by atoms with Crippen molar-refractivity contribution in [2.24, 2.45) is 0 Å². The van der Waals surface area contributed by atoms with Crippen LogP contribution in [0.1, 0.15) is 36.9 Å². The molecule has 228 valence electrons. The number of halogens is 6. The van der Waals surface area contributed by atoms with Gasteiger partial charge in [-0.05, 0) is 45.5 Å². The summed E-state index contributed by atoms with van der Waals surface area (Å²) >= 11 is 5.76. The molecular formula is C26H25ClF5N9O2. The van der Waals surface area contributed by atoms with Crippen molar-refractivity contribution < 1.29 is 26.7 Å². The third-order valence-electron chi connectivity index (χ3n) is 7.14. The third kappa shape index (κ3) is 5.97. The highest BCUT2D eigenvalue weighted by molar-refractivity contribution is 6.30. The maximum absolute atomic E-state index is 16.2. The molecule has 4 aromatic rings. The number of nitrogen functional groups attached to an aromatic ring is 2. The Balaban J connectivity index is 1.69. The first kappa shape index (κ1) is 30.2. The van der Waals surface area contributed by atoms with Crippen LogP contribution in [-0.2, 0) is 6.18 Å². The van der Waals surface area contributed by atoms with Gasteiger partial charge in [0.1, 0.15) is 51.5 Å². The Hall–Kier alpha value is -4.31. The summed E-state index contributed by atoms with van der Waals surface area (Å²) in [5, 5.41) is 1.41. The average molecular weight is 626 g/mol. The van der Waals surface area contributed by atoms with E-state index in [9.17, 15) is 22.4 Å². The number of nitrogens with zero attached hydrogens (tertiary/aromatic N) is 5. The predicted molar refractivity (Wildman–Crippen MR) is 150 cm³/mol. The summed E-state index contributed by atoms with van der Waals surface area (Å²) in [5.74, 6) is -2.73. The third-order valence-corrected chi connectivity index (χ3v) is 7.42. The number of H-pyrrole nitrogens is 1. The van der Waals surface area contributed by atoms with E-state index in [1.165, 1.54) is 0 Å².